The van der Waals surface area contributed by atoms with Crippen molar-refractivity contribution in [2.75, 3.05) is 26.2 Å². The molecule has 0 spiro atoms. The zero-order valence-electron chi connectivity index (χ0n) is 11.4. The number of hydrogen-bond donors (Lipinski definition) is 1. The van der Waals surface area contributed by atoms with Crippen LogP contribution in [0.4, 0.5) is 0 Å². The minimum atomic E-state index is 0.208. The van der Waals surface area contributed by atoms with Crippen molar-refractivity contribution >= 4 is 5.91 Å². The highest BCUT2D eigenvalue weighted by molar-refractivity contribution is 5.76. The topological polar surface area (TPSA) is 35.6 Å². The van der Waals surface area contributed by atoms with Crippen molar-refractivity contribution in [3.05, 3.63) is 0 Å². The van der Waals surface area contributed by atoms with E-state index in [2.05, 4.69) is 44.9 Å². The van der Waals surface area contributed by atoms with Crippen LogP contribution in [-0.2, 0) is 4.79 Å². The summed E-state index contributed by atoms with van der Waals surface area (Å²) >= 11 is 0. The third-order valence-electron chi connectivity index (χ3n) is 2.55. The van der Waals surface area contributed by atoms with Crippen LogP contribution in [0, 0.1) is 0 Å². The first-order valence-corrected chi connectivity index (χ1v) is 6.36. The van der Waals surface area contributed by atoms with Gasteiger partial charge in [-0.2, -0.15) is 0 Å². The molecule has 0 fully saturated rings. The van der Waals surface area contributed by atoms with Crippen LogP contribution in [0.2, 0.25) is 0 Å². The molecule has 0 saturated heterocycles. The van der Waals surface area contributed by atoms with Crippen molar-refractivity contribution in [2.45, 2.75) is 47.1 Å². The van der Waals surface area contributed by atoms with Crippen molar-refractivity contribution in [2.24, 2.45) is 0 Å². The van der Waals surface area contributed by atoms with Crippen molar-refractivity contribution < 1.29 is 4.79 Å². The Morgan fingerprint density at radius 3 is 2.12 bits per heavy atom. The number of hydrogen-bond acceptors (Lipinski definition) is 3. The van der Waals surface area contributed by atoms with Gasteiger partial charge >= 0.3 is 0 Å². The van der Waals surface area contributed by atoms with Crippen LogP contribution >= 0.6 is 0 Å². The zero-order chi connectivity index (χ0) is 12.6. The molecule has 0 rings (SSSR count). The van der Waals surface area contributed by atoms with Gasteiger partial charge in [-0.15, -0.1) is 0 Å². The van der Waals surface area contributed by atoms with Crippen molar-refractivity contribution in [3.8, 4) is 0 Å². The molecule has 0 aromatic heterocycles. The fraction of sp³-hybridized carbons (Fsp3) is 0.917. The lowest BCUT2D eigenvalue weighted by Crippen LogP contribution is -2.50. The molecular formula is C12H27N3O. The first kappa shape index (κ1) is 15.4. The Hall–Kier alpha value is -0.610. The Morgan fingerprint density at radius 2 is 1.75 bits per heavy atom. The Morgan fingerprint density at radius 1 is 1.19 bits per heavy atom. The highest BCUT2D eigenvalue weighted by Crippen LogP contribution is 2.06. The molecule has 0 heterocycles. The summed E-state index contributed by atoms with van der Waals surface area (Å²) in [5.74, 6) is 0.208. The van der Waals surface area contributed by atoms with Crippen molar-refractivity contribution in [1.29, 1.82) is 0 Å². The van der Waals surface area contributed by atoms with Gasteiger partial charge in [0.05, 0.1) is 0 Å². The maximum Gasteiger partial charge on any atom is 0.238 e. The molecule has 0 aromatic rings. The summed E-state index contributed by atoms with van der Waals surface area (Å²) in [4.78, 5) is 12.1. The molecular weight excluding hydrogens is 202 g/mol. The minimum Gasteiger partial charge on any atom is -0.316 e. The van der Waals surface area contributed by atoms with E-state index in [1.165, 1.54) is 0 Å². The van der Waals surface area contributed by atoms with Gasteiger partial charge in [-0.1, -0.05) is 20.8 Å². The van der Waals surface area contributed by atoms with E-state index in [-0.39, 0.29) is 11.9 Å². The Bertz CT molecular complexity index is 191. The van der Waals surface area contributed by atoms with Crippen molar-refractivity contribution in [1.82, 2.24) is 15.3 Å². The summed E-state index contributed by atoms with van der Waals surface area (Å²) in [6.07, 6.45) is 0.572. The van der Waals surface area contributed by atoms with E-state index in [0.717, 1.165) is 26.2 Å². The molecule has 0 aromatic carbocycles. The lowest BCUT2D eigenvalue weighted by atomic mass is 10.3. The van der Waals surface area contributed by atoms with Gasteiger partial charge in [0.25, 0.3) is 0 Å². The maximum atomic E-state index is 12.1. The number of carbonyl (C=O) groups is 1. The number of nitrogens with one attached hydrogen (secondary N) is 1. The van der Waals surface area contributed by atoms with Crippen LogP contribution in [0.1, 0.15) is 41.0 Å². The molecule has 0 bridgehead atoms. The molecule has 96 valence electrons. The Labute approximate surface area is 100.0 Å². The molecule has 0 aliphatic rings. The van der Waals surface area contributed by atoms with Gasteiger partial charge in [0.1, 0.15) is 0 Å². The normalized spacial score (nSPS) is 11.2. The average Bonchev–Trinajstić information content (AvgIpc) is 2.25. The van der Waals surface area contributed by atoms with Crippen LogP contribution in [0.3, 0.4) is 0 Å². The molecule has 0 saturated carbocycles. The van der Waals surface area contributed by atoms with E-state index in [9.17, 15) is 4.79 Å². The van der Waals surface area contributed by atoms with Gasteiger partial charge in [0, 0.05) is 32.1 Å². The smallest absolute Gasteiger partial charge is 0.238 e. The lowest BCUT2D eigenvalue weighted by molar-refractivity contribution is -0.153. The minimum absolute atomic E-state index is 0.208. The van der Waals surface area contributed by atoms with E-state index in [0.29, 0.717) is 6.42 Å². The molecule has 16 heavy (non-hydrogen) atoms. The highest BCUT2D eigenvalue weighted by Gasteiger charge is 2.21. The fourth-order valence-electron chi connectivity index (χ4n) is 1.79. The number of hydrazine groups is 1. The second-order valence-electron chi connectivity index (χ2n) is 4.07. The third kappa shape index (κ3) is 4.94. The molecule has 0 radical (unpaired) electrons. The average molecular weight is 229 g/mol. The fourth-order valence-corrected chi connectivity index (χ4v) is 1.79. The van der Waals surface area contributed by atoms with Crippen LogP contribution in [-0.4, -0.2) is 48.1 Å². The van der Waals surface area contributed by atoms with E-state index in [1.54, 1.807) is 0 Å². The number of nitrogens with zero attached hydrogens (tertiary/aromatic N) is 2. The standard InChI is InChI=1S/C12H27N3O/c1-6-13-10-9-12(16)15(11(4)5)14(7-2)8-3/h11,13H,6-10H2,1-5H3. The third-order valence-corrected chi connectivity index (χ3v) is 2.55. The van der Waals surface area contributed by atoms with Gasteiger partial charge in [0.2, 0.25) is 5.91 Å². The van der Waals surface area contributed by atoms with E-state index >= 15 is 0 Å². The largest absolute Gasteiger partial charge is 0.316 e. The predicted octanol–water partition coefficient (Wildman–Crippen LogP) is 1.48. The number of rotatable bonds is 8. The molecule has 1 amide bonds. The summed E-state index contributed by atoms with van der Waals surface area (Å²) in [5.41, 5.74) is 0. The SMILES string of the molecule is CCNCCC(=O)N(C(C)C)N(CC)CC. The number of carbonyl (C=O) groups excluding carboxylic acids is 1. The van der Waals surface area contributed by atoms with Crippen molar-refractivity contribution in [3.63, 3.8) is 0 Å². The highest BCUT2D eigenvalue weighted by atomic mass is 16.2. The summed E-state index contributed by atoms with van der Waals surface area (Å²) in [7, 11) is 0. The molecule has 0 aliphatic carbocycles. The summed E-state index contributed by atoms with van der Waals surface area (Å²) < 4.78 is 0. The predicted molar refractivity (Wildman–Crippen MR) is 68.1 cm³/mol. The van der Waals surface area contributed by atoms with E-state index in [1.807, 2.05) is 5.01 Å². The second-order valence-corrected chi connectivity index (χ2v) is 4.07. The number of amides is 1. The summed E-state index contributed by atoms with van der Waals surface area (Å²) in [6.45, 7) is 13.8. The molecule has 4 nitrogen and oxygen atoms in total. The monoisotopic (exact) mass is 229 g/mol. The van der Waals surface area contributed by atoms with Gasteiger partial charge < -0.3 is 5.32 Å². The maximum absolute atomic E-state index is 12.1. The van der Waals surface area contributed by atoms with Gasteiger partial charge in [-0.25, -0.2) is 5.01 Å². The van der Waals surface area contributed by atoms with Gasteiger partial charge in [-0.3, -0.25) is 9.80 Å². The van der Waals surface area contributed by atoms with Gasteiger partial charge in [-0.05, 0) is 20.4 Å². The molecule has 0 aliphatic heterocycles. The molecule has 4 heteroatoms. The van der Waals surface area contributed by atoms with Crippen LogP contribution in [0.5, 0.6) is 0 Å². The molecule has 0 unspecified atom stereocenters. The van der Waals surface area contributed by atoms with E-state index < -0.39 is 0 Å². The molecule has 0 atom stereocenters. The van der Waals surface area contributed by atoms with Crippen LogP contribution < -0.4 is 5.32 Å². The lowest BCUT2D eigenvalue weighted by Gasteiger charge is -2.36. The molecule has 1 N–H and O–H groups in total. The summed E-state index contributed by atoms with van der Waals surface area (Å²) in [5, 5.41) is 7.16. The Kier molecular flexibility index (Phi) is 8.21. The first-order valence-electron chi connectivity index (χ1n) is 6.36. The first-order chi connectivity index (χ1) is 7.58. The Balaban J connectivity index is 4.34. The second kappa shape index (κ2) is 8.53. The van der Waals surface area contributed by atoms with Gasteiger partial charge in [0.15, 0.2) is 0 Å². The van der Waals surface area contributed by atoms with E-state index in [4.69, 9.17) is 0 Å². The quantitative estimate of drug-likeness (QED) is 0.506. The zero-order valence-corrected chi connectivity index (χ0v) is 11.4. The summed E-state index contributed by atoms with van der Waals surface area (Å²) in [6, 6.07) is 0.231. The van der Waals surface area contributed by atoms with Crippen LogP contribution in [0.15, 0.2) is 0 Å². The van der Waals surface area contributed by atoms with Crippen LogP contribution in [0.25, 0.3) is 0 Å².